The third-order valence-corrected chi connectivity index (χ3v) is 8.33. The van der Waals surface area contributed by atoms with Gasteiger partial charge < -0.3 is 20.0 Å². The van der Waals surface area contributed by atoms with Crippen molar-refractivity contribution in [3.63, 3.8) is 0 Å². The fourth-order valence-electron chi connectivity index (χ4n) is 4.69. The summed E-state index contributed by atoms with van der Waals surface area (Å²) in [6.45, 7) is 10.4. The molecule has 5 rings (SSSR count). The summed E-state index contributed by atoms with van der Waals surface area (Å²) < 4.78 is 28.5. The minimum absolute atomic E-state index is 0.237. The van der Waals surface area contributed by atoms with Crippen LogP contribution in [0.1, 0.15) is 26.3 Å². The fraction of sp³-hybridized carbons (Fsp3) is 0.407. The van der Waals surface area contributed by atoms with Crippen molar-refractivity contribution in [3.8, 4) is 0 Å². The molecule has 2 aliphatic rings. The van der Waals surface area contributed by atoms with Gasteiger partial charge in [0.1, 0.15) is 5.82 Å². The molecule has 2 aliphatic heterocycles. The highest BCUT2D eigenvalue weighted by molar-refractivity contribution is 7.89. The summed E-state index contributed by atoms with van der Waals surface area (Å²) in [4.78, 5) is 16.4. The summed E-state index contributed by atoms with van der Waals surface area (Å²) in [5.41, 5.74) is 3.40. The second-order valence-electron chi connectivity index (χ2n) is 10.8. The summed E-state index contributed by atoms with van der Waals surface area (Å²) in [6.07, 6.45) is 2.65. The number of benzene rings is 2. The number of nitrogens with one attached hydrogen (secondary N) is 2. The van der Waals surface area contributed by atoms with Gasteiger partial charge in [-0.3, -0.25) is 0 Å². The van der Waals surface area contributed by atoms with E-state index in [1.807, 2.05) is 33.0 Å². The van der Waals surface area contributed by atoms with Gasteiger partial charge in [0.2, 0.25) is 16.0 Å². The van der Waals surface area contributed by atoms with E-state index in [0.29, 0.717) is 12.5 Å². The van der Waals surface area contributed by atoms with Gasteiger partial charge in [0, 0.05) is 67.1 Å². The summed E-state index contributed by atoms with van der Waals surface area (Å²) in [6, 6.07) is 15.4. The Kier molecular flexibility index (Phi) is 6.82. The van der Waals surface area contributed by atoms with Crippen LogP contribution in [-0.2, 0) is 16.4 Å². The van der Waals surface area contributed by atoms with Gasteiger partial charge in [-0.25, -0.2) is 18.1 Å². The van der Waals surface area contributed by atoms with E-state index < -0.39 is 15.6 Å². The van der Waals surface area contributed by atoms with E-state index in [1.54, 1.807) is 18.2 Å². The molecule has 37 heavy (non-hydrogen) atoms. The standard InChI is InChI=1S/C27H35N7O2S/c1-27(2,3)31-37(35,36)24-7-5-6-23(18-24)34-13-12-20-19-28-26(30-25(20)34)29-21-8-10-22(11-9-21)33-16-14-32(4)15-17-33/h5-11,18-19,31H,12-17H2,1-4H3,(H,28,29,30). The van der Waals surface area contributed by atoms with E-state index >= 15 is 0 Å². The van der Waals surface area contributed by atoms with Crippen LogP contribution < -0.4 is 19.8 Å². The number of hydrogen-bond donors (Lipinski definition) is 2. The van der Waals surface area contributed by atoms with Crippen LogP contribution in [0, 0.1) is 0 Å². The Balaban J connectivity index is 1.33. The van der Waals surface area contributed by atoms with Crippen molar-refractivity contribution >= 4 is 38.9 Å². The van der Waals surface area contributed by atoms with Crippen molar-refractivity contribution in [2.75, 3.05) is 54.9 Å². The first-order chi connectivity index (χ1) is 17.6. The third-order valence-electron chi connectivity index (χ3n) is 6.57. The molecule has 196 valence electrons. The van der Waals surface area contributed by atoms with E-state index in [2.05, 4.69) is 61.0 Å². The lowest BCUT2D eigenvalue weighted by Crippen LogP contribution is -2.44. The van der Waals surface area contributed by atoms with Crippen LogP contribution in [0.4, 0.5) is 28.8 Å². The molecule has 3 aromatic rings. The number of aromatic nitrogens is 2. The number of fused-ring (bicyclic) bond motifs is 1. The zero-order valence-electron chi connectivity index (χ0n) is 21.9. The topological polar surface area (TPSA) is 93.7 Å². The van der Waals surface area contributed by atoms with Crippen molar-refractivity contribution in [1.82, 2.24) is 19.6 Å². The molecule has 0 spiro atoms. The SMILES string of the molecule is CN1CCN(c2ccc(Nc3ncc4c(n3)N(c3cccc(S(=O)(=O)NC(C)(C)C)c3)CC4)cc2)CC1. The maximum Gasteiger partial charge on any atom is 0.241 e. The number of hydrogen-bond acceptors (Lipinski definition) is 8. The highest BCUT2D eigenvalue weighted by Crippen LogP contribution is 2.34. The normalized spacial score (nSPS) is 16.6. The minimum Gasteiger partial charge on any atom is -0.369 e. The van der Waals surface area contributed by atoms with E-state index in [9.17, 15) is 8.42 Å². The Morgan fingerprint density at radius 2 is 1.65 bits per heavy atom. The maximum atomic E-state index is 12.9. The van der Waals surface area contributed by atoms with Crippen LogP contribution in [0.25, 0.3) is 0 Å². The first-order valence-electron chi connectivity index (χ1n) is 12.7. The number of likely N-dealkylation sites (N-methyl/N-ethyl adjacent to an activating group) is 1. The van der Waals surface area contributed by atoms with E-state index in [-0.39, 0.29) is 4.90 Å². The zero-order chi connectivity index (χ0) is 26.2. The molecule has 0 saturated carbocycles. The quantitative estimate of drug-likeness (QED) is 0.507. The summed E-state index contributed by atoms with van der Waals surface area (Å²) in [5, 5.41) is 3.32. The monoisotopic (exact) mass is 521 g/mol. The van der Waals surface area contributed by atoms with Crippen LogP contribution in [0.3, 0.4) is 0 Å². The van der Waals surface area contributed by atoms with Crippen molar-refractivity contribution in [1.29, 1.82) is 0 Å². The molecule has 1 fully saturated rings. The Morgan fingerprint density at radius 1 is 0.919 bits per heavy atom. The Morgan fingerprint density at radius 3 is 2.35 bits per heavy atom. The molecule has 0 aliphatic carbocycles. The summed E-state index contributed by atoms with van der Waals surface area (Å²) >= 11 is 0. The van der Waals surface area contributed by atoms with E-state index in [1.165, 1.54) is 5.69 Å². The van der Waals surface area contributed by atoms with E-state index in [0.717, 1.165) is 55.4 Å². The molecule has 0 atom stereocenters. The highest BCUT2D eigenvalue weighted by atomic mass is 32.2. The van der Waals surface area contributed by atoms with Gasteiger partial charge in [0.15, 0.2) is 0 Å². The van der Waals surface area contributed by atoms with Crippen LogP contribution in [-0.4, -0.2) is 68.6 Å². The molecule has 9 nitrogen and oxygen atoms in total. The number of piperazine rings is 1. The molecule has 0 radical (unpaired) electrons. The van der Waals surface area contributed by atoms with Gasteiger partial charge >= 0.3 is 0 Å². The van der Waals surface area contributed by atoms with Crippen LogP contribution in [0.15, 0.2) is 59.6 Å². The first kappa shape index (κ1) is 25.4. The van der Waals surface area contributed by atoms with Crippen molar-refractivity contribution in [3.05, 3.63) is 60.3 Å². The van der Waals surface area contributed by atoms with Crippen LogP contribution in [0.5, 0.6) is 0 Å². The van der Waals surface area contributed by atoms with Crippen molar-refractivity contribution in [2.24, 2.45) is 0 Å². The van der Waals surface area contributed by atoms with E-state index in [4.69, 9.17) is 4.98 Å². The average molecular weight is 522 g/mol. The molecule has 2 N–H and O–H groups in total. The van der Waals surface area contributed by atoms with Crippen LogP contribution in [0.2, 0.25) is 0 Å². The van der Waals surface area contributed by atoms with Crippen molar-refractivity contribution < 1.29 is 8.42 Å². The molecule has 0 bridgehead atoms. The fourth-order valence-corrected chi connectivity index (χ4v) is 6.15. The molecule has 3 heterocycles. The lowest BCUT2D eigenvalue weighted by atomic mass is 10.1. The van der Waals surface area contributed by atoms with Gasteiger partial charge in [0.25, 0.3) is 0 Å². The number of rotatable bonds is 6. The maximum absolute atomic E-state index is 12.9. The molecule has 1 aromatic heterocycles. The molecular weight excluding hydrogens is 486 g/mol. The minimum atomic E-state index is -3.64. The lowest BCUT2D eigenvalue weighted by Gasteiger charge is -2.34. The summed E-state index contributed by atoms with van der Waals surface area (Å²) in [5.74, 6) is 1.31. The third kappa shape index (κ3) is 5.87. The van der Waals surface area contributed by atoms with Gasteiger partial charge in [0.05, 0.1) is 4.90 Å². The molecule has 2 aromatic carbocycles. The molecule has 1 saturated heterocycles. The predicted molar refractivity (Wildman–Crippen MR) is 149 cm³/mol. The number of anilines is 5. The van der Waals surface area contributed by atoms with Gasteiger partial charge in [-0.05, 0) is 76.7 Å². The highest BCUT2D eigenvalue weighted by Gasteiger charge is 2.26. The second-order valence-corrected chi connectivity index (χ2v) is 12.4. The average Bonchev–Trinajstić information content (AvgIpc) is 3.27. The predicted octanol–water partition coefficient (Wildman–Crippen LogP) is 3.74. The van der Waals surface area contributed by atoms with Crippen LogP contribution >= 0.6 is 0 Å². The second kappa shape index (κ2) is 9.92. The van der Waals surface area contributed by atoms with Gasteiger partial charge in [-0.1, -0.05) is 6.07 Å². The molecular formula is C27H35N7O2S. The molecule has 0 unspecified atom stereocenters. The van der Waals surface area contributed by atoms with Gasteiger partial charge in [-0.15, -0.1) is 0 Å². The largest absolute Gasteiger partial charge is 0.369 e. The molecule has 0 amide bonds. The Bertz CT molecular complexity index is 1360. The smallest absolute Gasteiger partial charge is 0.241 e. The number of sulfonamides is 1. The Hall–Kier alpha value is -3.21. The molecule has 10 heteroatoms. The first-order valence-corrected chi connectivity index (χ1v) is 14.1. The lowest BCUT2D eigenvalue weighted by molar-refractivity contribution is 0.313. The Labute approximate surface area is 219 Å². The van der Waals surface area contributed by atoms with Crippen molar-refractivity contribution in [2.45, 2.75) is 37.6 Å². The zero-order valence-corrected chi connectivity index (χ0v) is 22.7. The number of nitrogens with zero attached hydrogens (tertiary/aromatic N) is 5. The summed E-state index contributed by atoms with van der Waals surface area (Å²) in [7, 11) is -1.48. The van der Waals surface area contributed by atoms with Gasteiger partial charge in [-0.2, -0.15) is 4.98 Å².